The summed E-state index contributed by atoms with van der Waals surface area (Å²) in [7, 11) is -21.5. The van der Waals surface area contributed by atoms with E-state index in [0.717, 1.165) is 54.8 Å². The molecular formula is C27H27N5O16S7. The molecule has 55 heavy (non-hydrogen) atoms. The average Bonchev–Trinajstić information content (AvgIpc) is 3.05. The van der Waals surface area contributed by atoms with Gasteiger partial charge in [0.1, 0.15) is 16.3 Å². The number of hydrogen-bond donors (Lipinski definition) is 5. The normalized spacial score (nSPS) is 13.9. The zero-order valence-corrected chi connectivity index (χ0v) is 33.2. The lowest BCUT2D eigenvalue weighted by Crippen LogP contribution is -2.15. The fourth-order valence-electron chi connectivity index (χ4n) is 4.48. The van der Waals surface area contributed by atoms with Gasteiger partial charge in [-0.15, -0.1) is 10.2 Å². The Morgan fingerprint density at radius 1 is 0.745 bits per heavy atom. The fraction of sp³-hybridized carbons (Fsp3) is 0.185. The van der Waals surface area contributed by atoms with Crippen molar-refractivity contribution in [2.24, 2.45) is 20.5 Å². The van der Waals surface area contributed by atoms with Gasteiger partial charge in [0.2, 0.25) is 0 Å². The SMILES string of the molecule is CS(=O)(=O)OCCS(=O)(=O)c1ccc(N=Nc2c(S(=O)(=O)O)cc3cc(S(=O)O)c(N=Nc4ccc(S(=O)(=O)CCSS(=O)(=O)O)cc4)c(O)c3c2N)cc1. The predicted octanol–water partition coefficient (Wildman–Crippen LogP) is 3.85. The van der Waals surface area contributed by atoms with Crippen LogP contribution in [-0.2, 0) is 64.3 Å². The van der Waals surface area contributed by atoms with E-state index in [1.165, 1.54) is 12.1 Å². The topological polar surface area (TPSA) is 353 Å². The summed E-state index contributed by atoms with van der Waals surface area (Å²) in [6.07, 6.45) is 0.752. The molecule has 0 spiro atoms. The van der Waals surface area contributed by atoms with Gasteiger partial charge in [-0.3, -0.25) is 13.3 Å². The van der Waals surface area contributed by atoms with Crippen molar-refractivity contribution in [3.63, 3.8) is 0 Å². The Balaban J connectivity index is 1.72. The van der Waals surface area contributed by atoms with Crippen molar-refractivity contribution >= 4 is 110 Å². The molecule has 0 fully saturated rings. The molecule has 1 unspecified atom stereocenters. The number of anilines is 1. The van der Waals surface area contributed by atoms with E-state index in [4.69, 9.17) is 10.3 Å². The summed E-state index contributed by atoms with van der Waals surface area (Å²) in [5.74, 6) is -2.68. The molecule has 298 valence electrons. The molecule has 0 heterocycles. The Morgan fingerprint density at radius 3 is 1.69 bits per heavy atom. The molecule has 0 saturated heterocycles. The summed E-state index contributed by atoms with van der Waals surface area (Å²) in [5, 5.41) is 25.9. The molecule has 4 aromatic rings. The summed E-state index contributed by atoms with van der Waals surface area (Å²) in [4.78, 5) is -2.03. The number of rotatable bonds is 16. The van der Waals surface area contributed by atoms with Gasteiger partial charge in [0.05, 0.1) is 61.5 Å². The van der Waals surface area contributed by atoms with E-state index in [9.17, 15) is 60.5 Å². The minimum absolute atomic E-state index is 0.0274. The number of nitrogens with two attached hydrogens (primary N) is 1. The Hall–Kier alpha value is -3.97. The number of azo groups is 2. The molecule has 0 radical (unpaired) electrons. The van der Waals surface area contributed by atoms with Crippen LogP contribution in [0.5, 0.6) is 5.75 Å². The zero-order valence-electron chi connectivity index (χ0n) is 27.5. The molecule has 0 aliphatic rings. The number of nitrogens with zero attached hydrogens (tertiary/aromatic N) is 4. The lowest BCUT2D eigenvalue weighted by atomic mass is 10.1. The molecule has 28 heteroatoms. The van der Waals surface area contributed by atoms with Crippen LogP contribution in [-0.4, -0.2) is 95.2 Å². The van der Waals surface area contributed by atoms with Crippen LogP contribution < -0.4 is 5.73 Å². The molecule has 0 aliphatic carbocycles. The zero-order chi connectivity index (χ0) is 41.1. The second kappa shape index (κ2) is 16.6. The summed E-state index contributed by atoms with van der Waals surface area (Å²) in [6, 6.07) is 10.7. The lowest BCUT2D eigenvalue weighted by molar-refractivity contribution is 0.343. The number of phenols is 1. The highest BCUT2D eigenvalue weighted by Crippen LogP contribution is 2.48. The Labute approximate surface area is 319 Å². The van der Waals surface area contributed by atoms with Crippen molar-refractivity contribution in [2.75, 3.05) is 35.9 Å². The van der Waals surface area contributed by atoms with Crippen LogP contribution >= 0.6 is 10.8 Å². The highest BCUT2D eigenvalue weighted by molar-refractivity contribution is 8.70. The Morgan fingerprint density at radius 2 is 1.24 bits per heavy atom. The van der Waals surface area contributed by atoms with Crippen LogP contribution in [0.1, 0.15) is 0 Å². The van der Waals surface area contributed by atoms with Crippen molar-refractivity contribution in [2.45, 2.75) is 19.6 Å². The molecule has 4 aromatic carbocycles. The first kappa shape index (κ1) is 43.8. The average molecular weight is 902 g/mol. The van der Waals surface area contributed by atoms with Crippen molar-refractivity contribution in [3.8, 4) is 5.75 Å². The highest BCUT2D eigenvalue weighted by Gasteiger charge is 2.26. The molecule has 0 bridgehead atoms. The monoisotopic (exact) mass is 901 g/mol. The van der Waals surface area contributed by atoms with Crippen molar-refractivity contribution in [3.05, 3.63) is 60.7 Å². The van der Waals surface area contributed by atoms with E-state index >= 15 is 0 Å². The van der Waals surface area contributed by atoms with Crippen LogP contribution in [0, 0.1) is 0 Å². The first-order chi connectivity index (χ1) is 25.3. The van der Waals surface area contributed by atoms with E-state index < -0.39 is 117 Å². The van der Waals surface area contributed by atoms with Gasteiger partial charge in [-0.25, -0.2) is 21.0 Å². The number of fused-ring (bicyclic) bond motifs is 1. The number of aromatic hydroxyl groups is 1. The van der Waals surface area contributed by atoms with Crippen LogP contribution in [0.3, 0.4) is 0 Å². The van der Waals surface area contributed by atoms with Crippen LogP contribution in [0.2, 0.25) is 0 Å². The van der Waals surface area contributed by atoms with Gasteiger partial charge in [-0.05, 0) is 76.8 Å². The van der Waals surface area contributed by atoms with E-state index in [-0.39, 0.29) is 42.7 Å². The second-order valence-electron chi connectivity index (χ2n) is 10.8. The van der Waals surface area contributed by atoms with Gasteiger partial charge in [0.15, 0.2) is 36.5 Å². The van der Waals surface area contributed by atoms with Crippen molar-refractivity contribution in [1.82, 2.24) is 0 Å². The standard InChI is InChI=1S/C27H27N5O16S7/c1-51(36,37)48-10-12-52(38,39)19-6-2-18(3-7-19)30-32-26-22(54(42,43)44)15-16-14-21(50(34)35)25(27(33)23(16)24(26)28)31-29-17-4-8-20(9-5-17)53(40,41)13-11-49-55(45,46)47/h2-9,14-15,33H,10-13,28H2,1H3,(H,34,35)(H,42,43,44)(H,45,46,47). The molecule has 21 nitrogen and oxygen atoms in total. The summed E-state index contributed by atoms with van der Waals surface area (Å²) < 4.78 is 164. The molecule has 0 saturated carbocycles. The molecule has 0 aliphatic heterocycles. The molecule has 0 amide bonds. The molecule has 1 atom stereocenters. The van der Waals surface area contributed by atoms with Gasteiger partial charge in [-0.1, -0.05) is 0 Å². The Kier molecular flexibility index (Phi) is 13.2. The third-order valence-corrected chi connectivity index (χ3v) is 14.8. The van der Waals surface area contributed by atoms with E-state index in [2.05, 4.69) is 24.6 Å². The van der Waals surface area contributed by atoms with Crippen LogP contribution in [0.4, 0.5) is 28.4 Å². The lowest BCUT2D eigenvalue weighted by Gasteiger charge is -2.14. The summed E-state index contributed by atoms with van der Waals surface area (Å²) in [5.41, 5.74) is 4.15. The number of nitrogen functional groups attached to an aromatic ring is 1. The number of hydrogen-bond acceptors (Lipinski definition) is 19. The Bertz CT molecular complexity index is 2800. The van der Waals surface area contributed by atoms with E-state index in [1.54, 1.807) is 0 Å². The third-order valence-electron chi connectivity index (χ3n) is 6.94. The van der Waals surface area contributed by atoms with E-state index in [1.807, 2.05) is 0 Å². The maximum Gasteiger partial charge on any atom is 0.319 e. The minimum atomic E-state index is -5.14. The quantitative estimate of drug-likeness (QED) is 0.0266. The molecule has 0 aromatic heterocycles. The van der Waals surface area contributed by atoms with Crippen molar-refractivity contribution in [1.29, 1.82) is 0 Å². The maximum absolute atomic E-state index is 12.5. The maximum atomic E-state index is 12.5. The van der Waals surface area contributed by atoms with Gasteiger partial charge in [-0.2, -0.15) is 35.5 Å². The van der Waals surface area contributed by atoms with Gasteiger partial charge in [0.25, 0.3) is 20.2 Å². The van der Waals surface area contributed by atoms with E-state index in [0.29, 0.717) is 0 Å². The largest absolute Gasteiger partial charge is 0.505 e. The highest BCUT2D eigenvalue weighted by atomic mass is 33.1. The second-order valence-corrected chi connectivity index (χ2v) is 22.5. The number of phenolic OH excluding ortho intramolecular Hbond substituents is 1. The molecule has 4 rings (SSSR count). The smallest absolute Gasteiger partial charge is 0.319 e. The van der Waals surface area contributed by atoms with Crippen molar-refractivity contribution < 1.29 is 69.2 Å². The first-order valence-electron chi connectivity index (χ1n) is 14.4. The van der Waals surface area contributed by atoms with Gasteiger partial charge in [0, 0.05) is 5.75 Å². The van der Waals surface area contributed by atoms with Crippen LogP contribution in [0.25, 0.3) is 10.8 Å². The number of sulfone groups is 2. The molecule has 6 N–H and O–H groups in total. The fourth-order valence-corrected chi connectivity index (χ4v) is 10.6. The summed E-state index contributed by atoms with van der Waals surface area (Å²) in [6.45, 7) is -0.640. The minimum Gasteiger partial charge on any atom is -0.505 e. The third kappa shape index (κ3) is 11.5. The first-order valence-corrected chi connectivity index (χ1v) is 25.1. The van der Waals surface area contributed by atoms with Gasteiger partial charge >= 0.3 is 9.15 Å². The van der Waals surface area contributed by atoms with Gasteiger partial charge < -0.3 is 15.4 Å². The summed E-state index contributed by atoms with van der Waals surface area (Å²) >= 11 is -2.90. The van der Waals surface area contributed by atoms with Crippen LogP contribution in [0.15, 0.2) is 101 Å². The molecular weight excluding hydrogens is 875 g/mol. The number of benzene rings is 4. The predicted molar refractivity (Wildman–Crippen MR) is 199 cm³/mol.